The van der Waals surface area contributed by atoms with Crippen molar-refractivity contribution in [1.82, 2.24) is 0 Å². The normalized spacial score (nSPS) is 13.6. The third-order valence-corrected chi connectivity index (χ3v) is 1.44. The first kappa shape index (κ1) is 9.50. The van der Waals surface area contributed by atoms with Crippen molar-refractivity contribution in [2.75, 3.05) is 7.11 Å². The van der Waals surface area contributed by atoms with Crippen molar-refractivity contribution >= 4 is 17.7 Å². The van der Waals surface area contributed by atoms with Crippen LogP contribution in [0.3, 0.4) is 0 Å². The number of methoxy groups -OCH3 is 1. The average Bonchev–Trinajstić information content (AvgIpc) is 1.99. The zero-order valence-electron chi connectivity index (χ0n) is 6.52. The quantitative estimate of drug-likeness (QED) is 0.347. The summed E-state index contributed by atoms with van der Waals surface area (Å²) in [6.07, 6.45) is 2.69. The molecule has 0 aromatic heterocycles. The Bertz CT molecular complexity index is 152. The van der Waals surface area contributed by atoms with Crippen molar-refractivity contribution in [2.24, 2.45) is 4.51 Å². The van der Waals surface area contributed by atoms with Crippen LogP contribution in [0.15, 0.2) is 16.2 Å². The minimum atomic E-state index is 0.553. The van der Waals surface area contributed by atoms with E-state index in [-0.39, 0.29) is 0 Å². The fraction of sp³-hybridized carbons (Fsp3) is 0.571. The molecule has 0 amide bonds. The topological polar surface area (TPSA) is 21.6 Å². The second-order valence-corrected chi connectivity index (χ2v) is 2.16. The van der Waals surface area contributed by atoms with Gasteiger partial charge < -0.3 is 4.74 Å². The highest BCUT2D eigenvalue weighted by molar-refractivity contribution is 6.19. The summed E-state index contributed by atoms with van der Waals surface area (Å²) in [6.45, 7) is 3.97. The van der Waals surface area contributed by atoms with Gasteiger partial charge in [0.05, 0.1) is 7.11 Å². The number of rotatable bonds is 2. The fourth-order valence-corrected chi connectivity index (χ4v) is 0.606. The van der Waals surface area contributed by atoms with Crippen LogP contribution >= 0.6 is 11.8 Å². The molecule has 0 aromatic rings. The van der Waals surface area contributed by atoms with Crippen LogP contribution in [0.1, 0.15) is 20.3 Å². The SMILES string of the molecule is C/C=C(\C)C/C(=N/Cl)OC. The molecule has 0 saturated carbocycles. The van der Waals surface area contributed by atoms with Gasteiger partial charge >= 0.3 is 0 Å². The van der Waals surface area contributed by atoms with Gasteiger partial charge in [0.2, 0.25) is 5.90 Å². The molecule has 0 unspecified atom stereocenters. The molecule has 0 saturated heterocycles. The van der Waals surface area contributed by atoms with Crippen molar-refractivity contribution < 1.29 is 4.74 Å². The number of allylic oxidation sites excluding steroid dienone is 1. The van der Waals surface area contributed by atoms with Gasteiger partial charge in [0.1, 0.15) is 0 Å². The van der Waals surface area contributed by atoms with E-state index >= 15 is 0 Å². The molecule has 58 valence electrons. The number of hydrogen-bond donors (Lipinski definition) is 0. The monoisotopic (exact) mass is 161 g/mol. The van der Waals surface area contributed by atoms with Crippen molar-refractivity contribution in [1.29, 1.82) is 0 Å². The Balaban J connectivity index is 3.88. The fourth-order valence-electron chi connectivity index (χ4n) is 0.477. The summed E-state index contributed by atoms with van der Waals surface area (Å²) in [5.41, 5.74) is 1.20. The molecule has 0 aliphatic heterocycles. The van der Waals surface area contributed by atoms with Crippen LogP contribution in [0.25, 0.3) is 0 Å². The maximum atomic E-state index is 5.20. The lowest BCUT2D eigenvalue weighted by atomic mass is 10.2. The van der Waals surface area contributed by atoms with Gasteiger partial charge in [-0.1, -0.05) is 11.6 Å². The Hall–Kier alpha value is -0.500. The number of nitrogens with zero attached hydrogens (tertiary/aromatic N) is 1. The Morgan fingerprint density at radius 3 is 2.60 bits per heavy atom. The van der Waals surface area contributed by atoms with E-state index in [0.717, 1.165) is 0 Å². The molecule has 0 bridgehead atoms. The lowest BCUT2D eigenvalue weighted by Gasteiger charge is -2.01. The van der Waals surface area contributed by atoms with Crippen LogP contribution in [-0.4, -0.2) is 13.0 Å². The van der Waals surface area contributed by atoms with Gasteiger partial charge in [-0.25, -0.2) is 0 Å². The van der Waals surface area contributed by atoms with Crippen LogP contribution in [-0.2, 0) is 4.74 Å². The predicted molar refractivity (Wildman–Crippen MR) is 44.3 cm³/mol. The van der Waals surface area contributed by atoms with Crippen molar-refractivity contribution in [3.63, 3.8) is 0 Å². The van der Waals surface area contributed by atoms with E-state index in [4.69, 9.17) is 16.5 Å². The van der Waals surface area contributed by atoms with E-state index in [0.29, 0.717) is 12.3 Å². The molecule has 0 radical (unpaired) electrons. The van der Waals surface area contributed by atoms with E-state index in [1.807, 2.05) is 19.9 Å². The highest BCUT2D eigenvalue weighted by Crippen LogP contribution is 2.02. The molecule has 0 aliphatic rings. The average molecular weight is 162 g/mol. The van der Waals surface area contributed by atoms with Gasteiger partial charge in [0.25, 0.3) is 0 Å². The lowest BCUT2D eigenvalue weighted by molar-refractivity contribution is 0.395. The Kier molecular flexibility index (Phi) is 5.03. The van der Waals surface area contributed by atoms with Crippen LogP contribution in [0.5, 0.6) is 0 Å². The highest BCUT2D eigenvalue weighted by atomic mass is 35.5. The van der Waals surface area contributed by atoms with E-state index in [2.05, 4.69) is 4.51 Å². The summed E-state index contributed by atoms with van der Waals surface area (Å²) in [5, 5.41) is 0. The first-order valence-electron chi connectivity index (χ1n) is 3.08. The summed E-state index contributed by atoms with van der Waals surface area (Å²) in [4.78, 5) is 0. The molecule has 0 N–H and O–H groups in total. The maximum absolute atomic E-state index is 5.20. The zero-order valence-corrected chi connectivity index (χ0v) is 7.27. The van der Waals surface area contributed by atoms with Crippen molar-refractivity contribution in [3.8, 4) is 0 Å². The summed E-state index contributed by atoms with van der Waals surface area (Å²) < 4.78 is 8.27. The Morgan fingerprint density at radius 1 is 1.70 bits per heavy atom. The zero-order chi connectivity index (χ0) is 7.98. The molecule has 0 rings (SSSR count). The van der Waals surface area contributed by atoms with Crippen LogP contribution < -0.4 is 0 Å². The van der Waals surface area contributed by atoms with Crippen LogP contribution in [0.4, 0.5) is 0 Å². The second kappa shape index (κ2) is 5.30. The van der Waals surface area contributed by atoms with Gasteiger partial charge in [-0.2, -0.15) is 0 Å². The third kappa shape index (κ3) is 3.51. The molecule has 3 heteroatoms. The largest absolute Gasteiger partial charge is 0.483 e. The van der Waals surface area contributed by atoms with Crippen LogP contribution in [0, 0.1) is 0 Å². The smallest absolute Gasteiger partial charge is 0.204 e. The summed E-state index contributed by atoms with van der Waals surface area (Å²) in [7, 11) is 1.56. The first-order valence-corrected chi connectivity index (χ1v) is 3.42. The maximum Gasteiger partial charge on any atom is 0.204 e. The molecule has 0 aromatic carbocycles. The van der Waals surface area contributed by atoms with Crippen molar-refractivity contribution in [2.45, 2.75) is 20.3 Å². The van der Waals surface area contributed by atoms with Gasteiger partial charge in [-0.05, 0) is 13.8 Å². The van der Waals surface area contributed by atoms with Gasteiger partial charge in [0, 0.05) is 18.2 Å². The molecular weight excluding hydrogens is 150 g/mol. The van der Waals surface area contributed by atoms with E-state index in [1.54, 1.807) is 7.11 Å². The minimum Gasteiger partial charge on any atom is -0.483 e. The number of halogens is 1. The molecule has 0 heterocycles. The first-order chi connectivity index (χ1) is 4.74. The van der Waals surface area contributed by atoms with Gasteiger partial charge in [-0.15, -0.1) is 4.51 Å². The Labute approximate surface area is 66.7 Å². The summed E-state index contributed by atoms with van der Waals surface area (Å²) in [6, 6.07) is 0. The third-order valence-electron chi connectivity index (χ3n) is 1.25. The van der Waals surface area contributed by atoms with Crippen molar-refractivity contribution in [3.05, 3.63) is 11.6 Å². The highest BCUT2D eigenvalue weighted by Gasteiger charge is 1.97. The van der Waals surface area contributed by atoms with E-state index < -0.39 is 0 Å². The molecule has 10 heavy (non-hydrogen) atoms. The van der Waals surface area contributed by atoms with E-state index in [1.165, 1.54) is 5.57 Å². The minimum absolute atomic E-state index is 0.553. The van der Waals surface area contributed by atoms with E-state index in [9.17, 15) is 0 Å². The molecule has 0 atom stereocenters. The van der Waals surface area contributed by atoms with Gasteiger partial charge in [0.15, 0.2) is 0 Å². The number of ether oxygens (including phenoxy) is 1. The predicted octanol–water partition coefficient (Wildman–Crippen LogP) is 2.54. The molecule has 0 aliphatic carbocycles. The molecule has 2 nitrogen and oxygen atoms in total. The summed E-state index contributed by atoms with van der Waals surface area (Å²) >= 11 is 5.20. The lowest BCUT2D eigenvalue weighted by Crippen LogP contribution is -1.99. The standard InChI is InChI=1S/C7H12ClNO/c1-4-6(2)5-7(9-8)10-3/h4H,5H2,1-3H3/b6-4+,9-7-. The Morgan fingerprint density at radius 2 is 2.30 bits per heavy atom. The van der Waals surface area contributed by atoms with Crippen LogP contribution in [0.2, 0.25) is 0 Å². The summed E-state index contributed by atoms with van der Waals surface area (Å²) in [5.74, 6) is 0.553. The second-order valence-electron chi connectivity index (χ2n) is 1.99. The molecule has 0 spiro atoms. The number of hydrogen-bond acceptors (Lipinski definition) is 2. The van der Waals surface area contributed by atoms with Gasteiger partial charge in [-0.3, -0.25) is 0 Å². The molecule has 0 fully saturated rings. The molecular formula is C7H12ClNO.